The fraction of sp³-hybridized carbons (Fsp3) is 0.385. The van der Waals surface area contributed by atoms with Gasteiger partial charge in [0.15, 0.2) is 5.70 Å². The Morgan fingerprint density at radius 3 is 2.65 bits per heavy atom. The summed E-state index contributed by atoms with van der Waals surface area (Å²) in [6.07, 6.45) is 3.64. The first kappa shape index (κ1) is 24.3. The van der Waals surface area contributed by atoms with Gasteiger partial charge in [-0.1, -0.05) is 0 Å². The van der Waals surface area contributed by atoms with Gasteiger partial charge in [-0.25, -0.2) is 4.98 Å². The van der Waals surface area contributed by atoms with Gasteiger partial charge < -0.3 is 14.5 Å². The molecule has 6 rings (SSSR count). The average Bonchev–Trinajstić information content (AvgIpc) is 3.64. The van der Waals surface area contributed by atoms with E-state index < -0.39 is 11.9 Å². The number of methoxy groups -OCH3 is 1. The second-order valence-electron chi connectivity index (χ2n) is 9.54. The molecular weight excluding hydrogens is 503 g/mol. The maximum absolute atomic E-state index is 13.7. The SMILES string of the molecule is COc1ccc2nc(C(F)(F)F)cc(N3CCN([N@@+]45C=CC=C4C=C(C(=O)N4CCSC4)C5)CC3)c2c1. The van der Waals surface area contributed by atoms with Crippen molar-refractivity contribution in [2.75, 3.05) is 62.9 Å². The molecule has 0 bridgehead atoms. The van der Waals surface area contributed by atoms with Crippen molar-refractivity contribution in [3.63, 3.8) is 0 Å². The lowest BCUT2D eigenvalue weighted by molar-refractivity contribution is -0.948. The van der Waals surface area contributed by atoms with Crippen molar-refractivity contribution in [1.82, 2.24) is 14.9 Å². The van der Waals surface area contributed by atoms with Crippen molar-refractivity contribution in [3.05, 3.63) is 65.7 Å². The van der Waals surface area contributed by atoms with Crippen LogP contribution in [0, 0.1) is 0 Å². The normalized spacial score (nSPS) is 24.0. The highest BCUT2D eigenvalue weighted by molar-refractivity contribution is 7.99. The predicted octanol–water partition coefficient (Wildman–Crippen LogP) is 4.00. The van der Waals surface area contributed by atoms with Crippen LogP contribution in [0.5, 0.6) is 5.75 Å². The number of halogens is 3. The molecule has 2 saturated heterocycles. The van der Waals surface area contributed by atoms with E-state index in [2.05, 4.69) is 16.2 Å². The highest BCUT2D eigenvalue weighted by Crippen LogP contribution is 2.40. The van der Waals surface area contributed by atoms with E-state index in [0.29, 0.717) is 54.1 Å². The predicted molar refractivity (Wildman–Crippen MR) is 137 cm³/mol. The number of carbonyl (C=O) groups is 1. The number of rotatable bonds is 4. The molecule has 194 valence electrons. The summed E-state index contributed by atoms with van der Waals surface area (Å²) in [4.78, 5) is 20.8. The van der Waals surface area contributed by atoms with Crippen molar-refractivity contribution in [2.24, 2.45) is 0 Å². The molecule has 4 aliphatic rings. The molecule has 0 saturated carbocycles. The zero-order valence-corrected chi connectivity index (χ0v) is 21.2. The number of ether oxygens (including phenoxy) is 1. The lowest BCUT2D eigenvalue weighted by Gasteiger charge is -2.44. The molecule has 5 heterocycles. The monoisotopic (exact) mass is 530 g/mol. The van der Waals surface area contributed by atoms with Crippen molar-refractivity contribution < 1.29 is 27.3 Å². The van der Waals surface area contributed by atoms with E-state index in [9.17, 15) is 18.0 Å². The molecular formula is C26H27F3N5O2S+. The fourth-order valence-electron chi connectivity index (χ4n) is 5.57. The van der Waals surface area contributed by atoms with Gasteiger partial charge in [0.2, 0.25) is 0 Å². The number of hydrogen-bond donors (Lipinski definition) is 0. The Morgan fingerprint density at radius 1 is 1.14 bits per heavy atom. The van der Waals surface area contributed by atoms with Gasteiger partial charge in [0.25, 0.3) is 5.91 Å². The fourth-order valence-corrected chi connectivity index (χ4v) is 6.51. The first-order valence-corrected chi connectivity index (χ1v) is 13.4. The molecule has 2 aromatic rings. The van der Waals surface area contributed by atoms with Gasteiger partial charge in [0.05, 0.1) is 37.2 Å². The highest BCUT2D eigenvalue weighted by atomic mass is 32.2. The van der Waals surface area contributed by atoms with Gasteiger partial charge in [0.1, 0.15) is 24.2 Å². The third kappa shape index (κ3) is 4.18. The Bertz CT molecular complexity index is 1340. The van der Waals surface area contributed by atoms with Crippen molar-refractivity contribution in [3.8, 4) is 5.75 Å². The molecule has 0 unspecified atom stereocenters. The van der Waals surface area contributed by atoms with Gasteiger partial charge >= 0.3 is 6.18 Å². The van der Waals surface area contributed by atoms with Crippen LogP contribution >= 0.6 is 11.8 Å². The molecule has 0 spiro atoms. The number of carbonyl (C=O) groups excluding carboxylic acids is 1. The minimum Gasteiger partial charge on any atom is -0.497 e. The molecule has 11 heteroatoms. The molecule has 2 fully saturated rings. The molecule has 37 heavy (non-hydrogen) atoms. The Balaban J connectivity index is 1.25. The van der Waals surface area contributed by atoms with Crippen LogP contribution in [0.25, 0.3) is 10.9 Å². The Hall–Kier alpha value is -3.02. The van der Waals surface area contributed by atoms with Crippen molar-refractivity contribution >= 4 is 34.3 Å². The van der Waals surface area contributed by atoms with E-state index >= 15 is 0 Å². The number of fused-ring (bicyclic) bond motifs is 2. The number of pyridine rings is 1. The number of anilines is 1. The molecule has 0 aliphatic carbocycles. The average molecular weight is 531 g/mol. The van der Waals surface area contributed by atoms with Crippen LogP contribution in [-0.2, 0) is 11.0 Å². The summed E-state index contributed by atoms with van der Waals surface area (Å²) in [5.74, 6) is 2.37. The zero-order chi connectivity index (χ0) is 25.8. The first-order valence-electron chi connectivity index (χ1n) is 12.2. The smallest absolute Gasteiger partial charge is 0.433 e. The number of amides is 1. The van der Waals surface area contributed by atoms with Crippen LogP contribution in [0.15, 0.2) is 60.0 Å². The topological polar surface area (TPSA) is 48.9 Å². The number of thioether (sulfide) groups is 1. The summed E-state index contributed by atoms with van der Waals surface area (Å²) >= 11 is 1.77. The van der Waals surface area contributed by atoms with E-state index in [4.69, 9.17) is 4.74 Å². The molecule has 4 aliphatic heterocycles. The van der Waals surface area contributed by atoms with Gasteiger partial charge in [-0.3, -0.25) is 4.79 Å². The second-order valence-corrected chi connectivity index (χ2v) is 10.6. The maximum atomic E-state index is 13.7. The molecule has 1 atom stereocenters. The van der Waals surface area contributed by atoms with Crippen molar-refractivity contribution in [2.45, 2.75) is 6.18 Å². The summed E-state index contributed by atoms with van der Waals surface area (Å²) in [7, 11) is 1.53. The Morgan fingerprint density at radius 2 is 1.95 bits per heavy atom. The lowest BCUT2D eigenvalue weighted by Crippen LogP contribution is -2.60. The van der Waals surface area contributed by atoms with E-state index in [-0.39, 0.29) is 11.4 Å². The van der Waals surface area contributed by atoms with Gasteiger partial charge in [-0.2, -0.15) is 17.8 Å². The summed E-state index contributed by atoms with van der Waals surface area (Å²) in [5, 5.41) is 2.93. The number of hydrogen-bond acceptors (Lipinski definition) is 6. The number of benzene rings is 1. The number of aromatic nitrogens is 1. The number of alkyl halides is 3. The Labute approximate surface area is 217 Å². The minimum atomic E-state index is -4.54. The van der Waals surface area contributed by atoms with Crippen LogP contribution in [0.2, 0.25) is 0 Å². The minimum absolute atomic E-state index is 0.0988. The molecule has 7 nitrogen and oxygen atoms in total. The van der Waals surface area contributed by atoms with Gasteiger partial charge in [-0.05, 0) is 30.3 Å². The van der Waals surface area contributed by atoms with Crippen molar-refractivity contribution in [1.29, 1.82) is 0 Å². The lowest BCUT2D eigenvalue weighted by atomic mass is 10.1. The molecule has 1 aromatic heterocycles. The first-order chi connectivity index (χ1) is 17.8. The summed E-state index contributed by atoms with van der Waals surface area (Å²) < 4.78 is 46.8. The van der Waals surface area contributed by atoms with Crippen LogP contribution in [0.3, 0.4) is 0 Å². The summed E-state index contributed by atoms with van der Waals surface area (Å²) in [6, 6.07) is 6.09. The molecule has 0 radical (unpaired) electrons. The van der Waals surface area contributed by atoms with Gasteiger partial charge in [0, 0.05) is 48.6 Å². The highest BCUT2D eigenvalue weighted by Gasteiger charge is 2.48. The zero-order valence-electron chi connectivity index (χ0n) is 20.4. The van der Waals surface area contributed by atoms with E-state index in [0.717, 1.165) is 35.5 Å². The number of quaternary nitrogens is 1. The molecule has 1 aromatic carbocycles. The number of nitrogens with zero attached hydrogens (tertiary/aromatic N) is 5. The third-order valence-electron chi connectivity index (χ3n) is 7.48. The van der Waals surface area contributed by atoms with E-state index in [1.807, 2.05) is 28.0 Å². The van der Waals surface area contributed by atoms with Crippen LogP contribution in [-0.4, -0.2) is 83.4 Å². The molecule has 0 N–H and O–H groups in total. The van der Waals surface area contributed by atoms with Crippen LogP contribution < -0.4 is 9.64 Å². The van der Waals surface area contributed by atoms with Gasteiger partial charge in [-0.15, -0.1) is 16.8 Å². The third-order valence-corrected chi connectivity index (χ3v) is 8.45. The summed E-state index contributed by atoms with van der Waals surface area (Å²) in [5.41, 5.74) is 1.76. The quantitative estimate of drug-likeness (QED) is 0.557. The maximum Gasteiger partial charge on any atom is 0.433 e. The second kappa shape index (κ2) is 9.07. The standard InChI is InChI=1S/C26H27F3N5O2S/c1-36-20-4-5-22-21(14-20)23(15-24(30-22)26(27,28)29)31-6-8-33(9-7-31)34-11-2-3-19(34)13-18(16-34)25(35)32-10-12-37-17-32/h2-5,11,13-15H,6-10,12,16-17H2,1H3/q+1/t34-/m1/s1. The summed E-state index contributed by atoms with van der Waals surface area (Å²) in [6.45, 7) is 3.69. The largest absolute Gasteiger partial charge is 0.497 e. The van der Waals surface area contributed by atoms with Crippen LogP contribution in [0.1, 0.15) is 5.69 Å². The number of allylic oxidation sites excluding steroid dienone is 3. The van der Waals surface area contributed by atoms with E-state index in [1.165, 1.54) is 7.11 Å². The number of piperazine rings is 1. The molecule has 1 amide bonds. The Kier molecular flexibility index (Phi) is 5.96. The van der Waals surface area contributed by atoms with Crippen LogP contribution in [0.4, 0.5) is 18.9 Å². The van der Waals surface area contributed by atoms with E-state index in [1.54, 1.807) is 30.0 Å².